The van der Waals surface area contributed by atoms with Gasteiger partial charge in [-0.2, -0.15) is 0 Å². The van der Waals surface area contributed by atoms with Crippen molar-refractivity contribution in [3.63, 3.8) is 0 Å². The van der Waals surface area contributed by atoms with Crippen LogP contribution in [0.2, 0.25) is 0 Å². The zero-order chi connectivity index (χ0) is 22.3. The Morgan fingerprint density at radius 1 is 0.935 bits per heavy atom. The molecule has 2 aromatic rings. The first-order chi connectivity index (χ1) is 14.8. The summed E-state index contributed by atoms with van der Waals surface area (Å²) in [6, 6.07) is 7.79. The van der Waals surface area contributed by atoms with Crippen LogP contribution in [0.1, 0.15) is 54.3 Å². The molecule has 0 saturated heterocycles. The van der Waals surface area contributed by atoms with Crippen LogP contribution in [-0.4, -0.2) is 45.9 Å². The Balaban J connectivity index is 1.35. The lowest BCUT2D eigenvalue weighted by molar-refractivity contribution is -0.384. The molecule has 0 bridgehead atoms. The van der Waals surface area contributed by atoms with Crippen LogP contribution in [0.3, 0.4) is 0 Å². The third-order valence-corrected chi connectivity index (χ3v) is 4.97. The van der Waals surface area contributed by atoms with Gasteiger partial charge >= 0.3 is 0 Å². The lowest BCUT2D eigenvalue weighted by Crippen LogP contribution is -2.31. The third kappa shape index (κ3) is 3.52. The van der Waals surface area contributed by atoms with Crippen LogP contribution in [-0.2, 0) is 4.79 Å². The van der Waals surface area contributed by atoms with Crippen LogP contribution in [0.5, 0.6) is 0 Å². The topological polar surface area (TPSA) is 156 Å². The molecule has 2 aliphatic heterocycles. The first kappa shape index (κ1) is 19.9. The number of anilines is 1. The molecule has 0 aliphatic carbocycles. The van der Waals surface area contributed by atoms with E-state index in [0.717, 1.165) is 17.0 Å². The number of amides is 5. The van der Waals surface area contributed by atoms with Crippen LogP contribution in [0, 0.1) is 10.1 Å². The number of nitro groups is 1. The van der Waals surface area contributed by atoms with Crippen LogP contribution in [0.4, 0.5) is 11.4 Å². The Bertz CT molecular complexity index is 1200. The molecule has 11 heteroatoms. The number of benzene rings is 2. The monoisotopic (exact) mass is 422 g/mol. The number of nitrogens with zero attached hydrogens (tertiary/aromatic N) is 2. The van der Waals surface area contributed by atoms with Gasteiger partial charge in [-0.1, -0.05) is 0 Å². The van der Waals surface area contributed by atoms with Gasteiger partial charge in [0.1, 0.15) is 0 Å². The van der Waals surface area contributed by atoms with Crippen molar-refractivity contribution in [2.45, 2.75) is 12.8 Å². The molecule has 0 aromatic heterocycles. The summed E-state index contributed by atoms with van der Waals surface area (Å²) in [6.45, 7) is -0.0331. The Labute approximate surface area is 174 Å². The fourth-order valence-corrected chi connectivity index (χ4v) is 3.46. The van der Waals surface area contributed by atoms with E-state index < -0.39 is 34.5 Å². The lowest BCUT2D eigenvalue weighted by atomic mass is 10.1. The fraction of sp³-hybridized carbons (Fsp3) is 0.150. The molecule has 0 atom stereocenters. The van der Waals surface area contributed by atoms with Crippen molar-refractivity contribution in [2.24, 2.45) is 0 Å². The molecule has 0 fully saturated rings. The van der Waals surface area contributed by atoms with Crippen LogP contribution in [0.25, 0.3) is 0 Å². The van der Waals surface area contributed by atoms with Crippen molar-refractivity contribution in [1.29, 1.82) is 0 Å². The summed E-state index contributed by atoms with van der Waals surface area (Å²) in [5.41, 5.74) is 0.505. The zero-order valence-electron chi connectivity index (χ0n) is 15.8. The van der Waals surface area contributed by atoms with E-state index >= 15 is 0 Å². The average Bonchev–Trinajstić information content (AvgIpc) is 3.15. The van der Waals surface area contributed by atoms with Gasteiger partial charge in [0.2, 0.25) is 5.91 Å². The summed E-state index contributed by atoms with van der Waals surface area (Å²) < 4.78 is 0. The molecular formula is C20H14N4O7. The number of carbonyl (C=O) groups excluding carboxylic acids is 5. The predicted octanol–water partition coefficient (Wildman–Crippen LogP) is 1.49. The van der Waals surface area contributed by atoms with Gasteiger partial charge in [-0.15, -0.1) is 0 Å². The molecule has 4 rings (SSSR count). The number of carbonyl (C=O) groups is 5. The minimum atomic E-state index is -0.649. The van der Waals surface area contributed by atoms with E-state index in [0.29, 0.717) is 5.69 Å². The second kappa shape index (κ2) is 7.44. The normalized spacial score (nSPS) is 14.4. The van der Waals surface area contributed by atoms with Crippen molar-refractivity contribution in [3.8, 4) is 0 Å². The van der Waals surface area contributed by atoms with E-state index in [1.807, 2.05) is 0 Å². The molecule has 0 saturated carbocycles. The maximum Gasteiger partial charge on any atom is 0.270 e. The van der Waals surface area contributed by atoms with Crippen LogP contribution >= 0.6 is 0 Å². The van der Waals surface area contributed by atoms with Gasteiger partial charge in [-0.05, 0) is 30.7 Å². The molecule has 5 amide bonds. The van der Waals surface area contributed by atoms with Gasteiger partial charge in [0, 0.05) is 30.8 Å². The van der Waals surface area contributed by atoms with E-state index in [1.165, 1.54) is 24.3 Å². The average molecular weight is 422 g/mol. The lowest BCUT2D eigenvalue weighted by Gasteiger charge is -2.13. The summed E-state index contributed by atoms with van der Waals surface area (Å²) in [4.78, 5) is 71.4. The molecule has 31 heavy (non-hydrogen) atoms. The number of rotatable bonds is 6. The fourth-order valence-electron chi connectivity index (χ4n) is 3.46. The SMILES string of the molecule is O=C(CCCN1C(=O)c2ccc([N+](=O)[O-])cc2C1=O)Nc1ccc2c(c1)C(=O)NC2=O. The summed E-state index contributed by atoms with van der Waals surface area (Å²) in [5, 5.41) is 15.6. The van der Waals surface area contributed by atoms with Crippen molar-refractivity contribution < 1.29 is 28.9 Å². The standard InChI is InChI=1S/C20H14N4O7/c25-16(21-10-3-5-12-14(8-10)18(27)22-17(12)26)2-1-7-23-19(28)13-6-4-11(24(30)31)9-15(13)20(23)29/h3-6,8-9H,1-2,7H2,(H,21,25)(H,22,26,27). The Morgan fingerprint density at radius 3 is 2.35 bits per heavy atom. The largest absolute Gasteiger partial charge is 0.326 e. The first-order valence-corrected chi connectivity index (χ1v) is 9.20. The summed E-state index contributed by atoms with van der Waals surface area (Å²) in [6.07, 6.45) is 0.152. The predicted molar refractivity (Wildman–Crippen MR) is 105 cm³/mol. The molecule has 0 unspecified atom stereocenters. The molecule has 11 nitrogen and oxygen atoms in total. The van der Waals surface area contributed by atoms with Gasteiger partial charge in [-0.25, -0.2) is 0 Å². The highest BCUT2D eigenvalue weighted by Gasteiger charge is 2.36. The van der Waals surface area contributed by atoms with E-state index in [2.05, 4.69) is 10.6 Å². The number of non-ortho nitro benzene ring substituents is 1. The number of imide groups is 2. The van der Waals surface area contributed by atoms with Gasteiger partial charge in [0.25, 0.3) is 29.3 Å². The highest BCUT2D eigenvalue weighted by atomic mass is 16.6. The number of nitro benzene ring substituents is 1. The number of hydrogen-bond acceptors (Lipinski definition) is 7. The summed E-state index contributed by atoms with van der Waals surface area (Å²) in [5.74, 6) is -2.65. The number of nitrogens with one attached hydrogen (secondary N) is 2. The number of hydrogen-bond donors (Lipinski definition) is 2. The molecule has 2 N–H and O–H groups in total. The van der Waals surface area contributed by atoms with Crippen molar-refractivity contribution in [1.82, 2.24) is 10.2 Å². The molecule has 2 aromatic carbocycles. The maximum absolute atomic E-state index is 12.4. The number of fused-ring (bicyclic) bond motifs is 2. The quantitative estimate of drug-likeness (QED) is 0.406. The molecule has 0 radical (unpaired) electrons. The minimum absolute atomic E-state index is 0.0181. The second-order valence-electron chi connectivity index (χ2n) is 6.94. The highest BCUT2D eigenvalue weighted by molar-refractivity contribution is 6.22. The molecule has 2 aliphatic rings. The Kier molecular flexibility index (Phi) is 4.78. The summed E-state index contributed by atoms with van der Waals surface area (Å²) in [7, 11) is 0. The van der Waals surface area contributed by atoms with E-state index in [-0.39, 0.29) is 47.3 Å². The minimum Gasteiger partial charge on any atom is -0.326 e. The Hall–Kier alpha value is -4.41. The molecule has 156 valence electrons. The van der Waals surface area contributed by atoms with Crippen molar-refractivity contribution in [2.75, 3.05) is 11.9 Å². The molecule has 2 heterocycles. The van der Waals surface area contributed by atoms with E-state index in [9.17, 15) is 34.1 Å². The molecular weight excluding hydrogens is 408 g/mol. The van der Waals surface area contributed by atoms with Crippen LogP contribution < -0.4 is 10.6 Å². The smallest absolute Gasteiger partial charge is 0.270 e. The Morgan fingerprint density at radius 2 is 1.61 bits per heavy atom. The molecule has 0 spiro atoms. The first-order valence-electron chi connectivity index (χ1n) is 9.20. The van der Waals surface area contributed by atoms with Crippen molar-refractivity contribution in [3.05, 3.63) is 68.8 Å². The highest BCUT2D eigenvalue weighted by Crippen LogP contribution is 2.27. The second-order valence-corrected chi connectivity index (χ2v) is 6.94. The van der Waals surface area contributed by atoms with E-state index in [1.54, 1.807) is 0 Å². The van der Waals surface area contributed by atoms with Gasteiger partial charge in [0.05, 0.1) is 27.2 Å². The van der Waals surface area contributed by atoms with Gasteiger partial charge < -0.3 is 5.32 Å². The van der Waals surface area contributed by atoms with Crippen molar-refractivity contribution >= 4 is 40.9 Å². The van der Waals surface area contributed by atoms with Crippen LogP contribution in [0.15, 0.2) is 36.4 Å². The van der Waals surface area contributed by atoms with Gasteiger partial charge in [0.15, 0.2) is 0 Å². The van der Waals surface area contributed by atoms with Gasteiger partial charge in [-0.3, -0.25) is 44.3 Å². The maximum atomic E-state index is 12.4. The summed E-state index contributed by atoms with van der Waals surface area (Å²) >= 11 is 0. The zero-order valence-corrected chi connectivity index (χ0v) is 15.8. The van der Waals surface area contributed by atoms with E-state index in [4.69, 9.17) is 0 Å². The third-order valence-electron chi connectivity index (χ3n) is 4.97.